The normalized spacial score (nSPS) is 17.6. The fourth-order valence-electron chi connectivity index (χ4n) is 2.11. The molecule has 2 rings (SSSR count). The van der Waals surface area contributed by atoms with Crippen LogP contribution in [0.1, 0.15) is 30.9 Å². The van der Waals surface area contributed by atoms with Crippen LogP contribution in [0.15, 0.2) is 29.3 Å². The maximum absolute atomic E-state index is 8.90. The highest BCUT2D eigenvalue weighted by atomic mass is 16.3. The van der Waals surface area contributed by atoms with E-state index in [4.69, 9.17) is 5.11 Å². The van der Waals surface area contributed by atoms with Gasteiger partial charge in [0.15, 0.2) is 0 Å². The number of fused-ring (bicyclic) bond motifs is 1. The van der Waals surface area contributed by atoms with Crippen molar-refractivity contribution in [3.05, 3.63) is 35.4 Å². The van der Waals surface area contributed by atoms with Crippen molar-refractivity contribution in [2.75, 3.05) is 19.7 Å². The molecule has 0 aromatic heterocycles. The molecule has 0 fully saturated rings. The molecule has 0 unspecified atom stereocenters. The molecule has 0 radical (unpaired) electrons. The lowest BCUT2D eigenvalue weighted by Gasteiger charge is -2.31. The highest BCUT2D eigenvalue weighted by Gasteiger charge is 2.19. The van der Waals surface area contributed by atoms with E-state index in [1.807, 2.05) is 6.07 Å². The van der Waals surface area contributed by atoms with E-state index in [9.17, 15) is 0 Å². The van der Waals surface area contributed by atoms with Crippen LogP contribution in [0, 0.1) is 0 Å². The molecule has 2 N–H and O–H groups in total. The topological polar surface area (TPSA) is 47.9 Å². The minimum absolute atomic E-state index is 0.0856. The van der Waals surface area contributed by atoms with Crippen LogP contribution >= 0.6 is 0 Å². The summed E-state index contributed by atoms with van der Waals surface area (Å²) in [7, 11) is 0. The van der Waals surface area contributed by atoms with E-state index >= 15 is 0 Å². The van der Waals surface area contributed by atoms with Crippen molar-refractivity contribution in [1.29, 1.82) is 0 Å². The summed E-state index contributed by atoms with van der Waals surface area (Å²) in [4.78, 5) is 4.42. The van der Waals surface area contributed by atoms with Gasteiger partial charge in [-0.3, -0.25) is 4.99 Å². The van der Waals surface area contributed by atoms with Crippen molar-refractivity contribution in [2.45, 2.75) is 26.3 Å². The maximum atomic E-state index is 8.90. The van der Waals surface area contributed by atoms with Crippen LogP contribution in [0.5, 0.6) is 0 Å². The van der Waals surface area contributed by atoms with Crippen molar-refractivity contribution in [3.63, 3.8) is 0 Å². The van der Waals surface area contributed by atoms with E-state index in [2.05, 4.69) is 40.5 Å². The quantitative estimate of drug-likeness (QED) is 0.830. The van der Waals surface area contributed by atoms with Crippen LogP contribution < -0.4 is 5.43 Å². The van der Waals surface area contributed by atoms with Crippen LogP contribution in [0.2, 0.25) is 0 Å². The summed E-state index contributed by atoms with van der Waals surface area (Å²) in [5.41, 5.74) is 5.80. The molecule has 18 heavy (non-hydrogen) atoms. The molecular formula is C14H21N3O. The van der Waals surface area contributed by atoms with Crippen LogP contribution in [-0.2, 0) is 6.54 Å². The van der Waals surface area contributed by atoms with Crippen LogP contribution in [0.3, 0.4) is 0 Å². The Morgan fingerprint density at radius 3 is 3.00 bits per heavy atom. The molecule has 98 valence electrons. The van der Waals surface area contributed by atoms with Gasteiger partial charge in [0.25, 0.3) is 0 Å². The van der Waals surface area contributed by atoms with Crippen molar-refractivity contribution in [2.24, 2.45) is 4.99 Å². The first-order valence-corrected chi connectivity index (χ1v) is 6.60. The minimum Gasteiger partial charge on any atom is -0.394 e. The number of aliphatic hydroxyl groups excluding tert-OH is 1. The Balaban J connectivity index is 2.18. The van der Waals surface area contributed by atoms with E-state index < -0.39 is 0 Å². The average molecular weight is 247 g/mol. The third-order valence-corrected chi connectivity index (χ3v) is 3.05. The standard InChI is InChI=1S/C14H21N3O/c1-2-3-9-17-11-12-6-4-5-7-13(12)14(16-17)15-8-10-18/h4-7,18H,2-3,8-11H2,1H3,(H,15,16). The molecule has 0 saturated carbocycles. The minimum atomic E-state index is 0.0856. The van der Waals surface area contributed by atoms with Crippen molar-refractivity contribution in [1.82, 2.24) is 10.4 Å². The fraction of sp³-hybridized carbons (Fsp3) is 0.500. The Hall–Kier alpha value is -1.39. The molecule has 1 aliphatic rings. The van der Waals surface area contributed by atoms with Crippen LogP contribution in [0.4, 0.5) is 0 Å². The molecule has 0 bridgehead atoms. The predicted octanol–water partition coefficient (Wildman–Crippen LogP) is 1.55. The zero-order valence-corrected chi connectivity index (χ0v) is 10.9. The molecule has 1 heterocycles. The average Bonchev–Trinajstić information content (AvgIpc) is 2.42. The Labute approximate surface area is 108 Å². The summed E-state index contributed by atoms with van der Waals surface area (Å²) in [6.07, 6.45) is 2.35. The van der Waals surface area contributed by atoms with Gasteiger partial charge in [0, 0.05) is 18.7 Å². The first kappa shape index (κ1) is 13.1. The lowest BCUT2D eigenvalue weighted by molar-refractivity contribution is 0.215. The number of nitrogens with zero attached hydrogens (tertiary/aromatic N) is 2. The first-order chi connectivity index (χ1) is 8.85. The number of rotatable bonds is 5. The number of aliphatic hydroxyl groups is 1. The molecule has 0 saturated heterocycles. The number of benzene rings is 1. The summed E-state index contributed by atoms with van der Waals surface area (Å²) in [5, 5.41) is 11.1. The second-order valence-corrected chi connectivity index (χ2v) is 4.50. The van der Waals surface area contributed by atoms with Gasteiger partial charge < -0.3 is 10.5 Å². The Morgan fingerprint density at radius 1 is 1.39 bits per heavy atom. The van der Waals surface area contributed by atoms with E-state index in [1.54, 1.807) is 0 Å². The molecule has 0 atom stereocenters. The zero-order valence-electron chi connectivity index (χ0n) is 10.9. The number of hydrogen-bond acceptors (Lipinski definition) is 3. The number of nitrogens with one attached hydrogen (secondary N) is 1. The van der Waals surface area contributed by atoms with Crippen molar-refractivity contribution in [3.8, 4) is 0 Å². The van der Waals surface area contributed by atoms with Crippen LogP contribution in [0.25, 0.3) is 0 Å². The van der Waals surface area contributed by atoms with Crippen molar-refractivity contribution < 1.29 is 5.11 Å². The number of hydrazine groups is 1. The largest absolute Gasteiger partial charge is 0.394 e. The first-order valence-electron chi connectivity index (χ1n) is 6.60. The highest BCUT2D eigenvalue weighted by Crippen LogP contribution is 2.16. The second-order valence-electron chi connectivity index (χ2n) is 4.50. The monoisotopic (exact) mass is 247 g/mol. The van der Waals surface area contributed by atoms with Gasteiger partial charge in [0.2, 0.25) is 0 Å². The van der Waals surface area contributed by atoms with Crippen molar-refractivity contribution >= 4 is 5.84 Å². The predicted molar refractivity (Wildman–Crippen MR) is 73.4 cm³/mol. The fourth-order valence-corrected chi connectivity index (χ4v) is 2.11. The van der Waals surface area contributed by atoms with Gasteiger partial charge in [0.05, 0.1) is 13.2 Å². The number of amidine groups is 1. The zero-order chi connectivity index (χ0) is 12.8. The molecule has 1 aromatic rings. The lowest BCUT2D eigenvalue weighted by atomic mass is 10.0. The third-order valence-electron chi connectivity index (χ3n) is 3.05. The molecule has 4 nitrogen and oxygen atoms in total. The summed E-state index contributed by atoms with van der Waals surface area (Å²) < 4.78 is 0. The Bertz CT molecular complexity index is 417. The second kappa shape index (κ2) is 6.52. The number of hydrogen-bond donors (Lipinski definition) is 2. The number of unbranched alkanes of at least 4 members (excludes halogenated alkanes) is 1. The van der Waals surface area contributed by atoms with Crippen LogP contribution in [-0.4, -0.2) is 35.6 Å². The lowest BCUT2D eigenvalue weighted by Crippen LogP contribution is -2.47. The van der Waals surface area contributed by atoms with E-state index in [1.165, 1.54) is 18.4 Å². The van der Waals surface area contributed by atoms with Gasteiger partial charge in [-0.1, -0.05) is 37.6 Å². The Kier molecular flexibility index (Phi) is 4.73. The SMILES string of the molecule is CCCCN1Cc2ccccc2C(=NCCO)N1. The molecule has 1 aromatic carbocycles. The van der Waals surface area contributed by atoms with E-state index in [0.717, 1.165) is 24.5 Å². The summed E-state index contributed by atoms with van der Waals surface area (Å²) in [5.74, 6) is 0.877. The van der Waals surface area contributed by atoms with Gasteiger partial charge in [-0.2, -0.15) is 0 Å². The van der Waals surface area contributed by atoms with Gasteiger partial charge in [-0.15, -0.1) is 0 Å². The van der Waals surface area contributed by atoms with E-state index in [-0.39, 0.29) is 6.61 Å². The molecule has 1 aliphatic heterocycles. The van der Waals surface area contributed by atoms with Gasteiger partial charge in [-0.25, -0.2) is 5.01 Å². The van der Waals surface area contributed by atoms with Gasteiger partial charge in [0.1, 0.15) is 5.84 Å². The summed E-state index contributed by atoms with van der Waals surface area (Å²) >= 11 is 0. The smallest absolute Gasteiger partial charge is 0.143 e. The summed E-state index contributed by atoms with van der Waals surface area (Å²) in [6, 6.07) is 8.31. The van der Waals surface area contributed by atoms with Gasteiger partial charge in [-0.05, 0) is 12.0 Å². The summed E-state index contributed by atoms with van der Waals surface area (Å²) in [6.45, 7) is 4.65. The molecule has 4 heteroatoms. The molecule has 0 spiro atoms. The Morgan fingerprint density at radius 2 is 2.22 bits per heavy atom. The van der Waals surface area contributed by atoms with E-state index in [0.29, 0.717) is 6.54 Å². The number of aliphatic imine (C=N–C) groups is 1. The molecule has 0 aliphatic carbocycles. The maximum Gasteiger partial charge on any atom is 0.143 e. The highest BCUT2D eigenvalue weighted by molar-refractivity contribution is 6.00. The third kappa shape index (κ3) is 3.09. The van der Waals surface area contributed by atoms with Gasteiger partial charge >= 0.3 is 0 Å². The molecular weight excluding hydrogens is 226 g/mol. The molecule has 0 amide bonds.